The van der Waals surface area contributed by atoms with Crippen LogP contribution in [-0.2, 0) is 17.8 Å². The molecule has 2 aromatic heterocycles. The molecule has 2 saturated heterocycles. The van der Waals surface area contributed by atoms with Crippen molar-refractivity contribution >= 4 is 11.9 Å². The number of hydrogen-bond acceptors (Lipinski definition) is 5. The highest BCUT2D eigenvalue weighted by Gasteiger charge is 2.47. The zero-order valence-corrected chi connectivity index (χ0v) is 14.7. The molecule has 1 amide bonds. The van der Waals surface area contributed by atoms with E-state index in [0.717, 1.165) is 42.3 Å². The van der Waals surface area contributed by atoms with Gasteiger partial charge in [0.2, 0.25) is 11.9 Å². The maximum atomic E-state index is 12.6. The van der Waals surface area contributed by atoms with Gasteiger partial charge in [-0.05, 0) is 37.5 Å². The van der Waals surface area contributed by atoms with Crippen molar-refractivity contribution in [1.29, 1.82) is 0 Å². The summed E-state index contributed by atoms with van der Waals surface area (Å²) in [5.41, 5.74) is 3.07. The van der Waals surface area contributed by atoms with Gasteiger partial charge in [0.1, 0.15) is 0 Å². The van der Waals surface area contributed by atoms with Gasteiger partial charge in [-0.15, -0.1) is 0 Å². The number of pyridine rings is 1. The Morgan fingerprint density at radius 3 is 2.72 bits per heavy atom. The summed E-state index contributed by atoms with van der Waals surface area (Å²) in [6.07, 6.45) is 6.21. The molecule has 0 aliphatic carbocycles. The number of aromatic nitrogens is 3. The largest absolute Gasteiger partial charge is 0.335 e. The Bertz CT molecular complexity index is 776. The topological polar surface area (TPSA) is 62.2 Å². The van der Waals surface area contributed by atoms with Gasteiger partial charge in [0.05, 0.1) is 24.3 Å². The van der Waals surface area contributed by atoms with Crippen LogP contribution in [0.2, 0.25) is 0 Å². The van der Waals surface area contributed by atoms with E-state index in [1.54, 1.807) is 0 Å². The lowest BCUT2D eigenvalue weighted by Crippen LogP contribution is -2.37. The maximum absolute atomic E-state index is 12.6. The number of carbonyl (C=O) groups excluding carboxylic acids is 1. The van der Waals surface area contributed by atoms with Crippen molar-refractivity contribution in [2.24, 2.45) is 0 Å². The first-order valence-electron chi connectivity index (χ1n) is 8.95. The van der Waals surface area contributed by atoms with E-state index in [1.165, 1.54) is 0 Å². The van der Waals surface area contributed by atoms with Crippen molar-refractivity contribution in [3.8, 4) is 0 Å². The first-order chi connectivity index (χ1) is 12.2. The van der Waals surface area contributed by atoms with Crippen molar-refractivity contribution in [2.45, 2.75) is 51.7 Å². The molecule has 0 bridgehead atoms. The van der Waals surface area contributed by atoms with Gasteiger partial charge in [0.15, 0.2) is 0 Å². The number of amides is 1. The molecule has 0 spiro atoms. The van der Waals surface area contributed by atoms with Gasteiger partial charge in [-0.1, -0.05) is 13.0 Å². The fourth-order valence-electron chi connectivity index (χ4n) is 3.92. The third kappa shape index (κ3) is 2.97. The second-order valence-corrected chi connectivity index (χ2v) is 6.86. The van der Waals surface area contributed by atoms with Crippen LogP contribution in [0.5, 0.6) is 0 Å². The minimum Gasteiger partial charge on any atom is -0.335 e. The monoisotopic (exact) mass is 337 g/mol. The number of likely N-dealkylation sites (tertiary alicyclic amines) is 1. The Kier molecular flexibility index (Phi) is 4.11. The lowest BCUT2D eigenvalue weighted by molar-refractivity contribution is -0.129. The summed E-state index contributed by atoms with van der Waals surface area (Å²) in [7, 11) is 0. The quantitative estimate of drug-likeness (QED) is 0.855. The van der Waals surface area contributed by atoms with Crippen LogP contribution < -0.4 is 4.90 Å². The molecule has 0 radical (unpaired) electrons. The Morgan fingerprint density at radius 2 is 2.00 bits per heavy atom. The number of rotatable bonds is 4. The van der Waals surface area contributed by atoms with Crippen molar-refractivity contribution in [3.63, 3.8) is 0 Å². The fraction of sp³-hybridized carbons (Fsp3) is 0.474. The smallest absolute Gasteiger partial charge is 0.225 e. The number of anilines is 1. The third-order valence-electron chi connectivity index (χ3n) is 5.25. The second kappa shape index (κ2) is 6.43. The molecular formula is C19H23N5O. The predicted octanol–water partition coefficient (Wildman–Crippen LogP) is 2.12. The summed E-state index contributed by atoms with van der Waals surface area (Å²) in [6.45, 7) is 5.56. The Morgan fingerprint density at radius 1 is 1.20 bits per heavy atom. The Balaban J connectivity index is 1.52. The normalized spacial score (nSPS) is 22.6. The summed E-state index contributed by atoms with van der Waals surface area (Å²) in [5, 5.41) is 0. The molecule has 2 fully saturated rings. The van der Waals surface area contributed by atoms with E-state index in [2.05, 4.69) is 26.8 Å². The highest BCUT2D eigenvalue weighted by molar-refractivity contribution is 5.81. The summed E-state index contributed by atoms with van der Waals surface area (Å²) >= 11 is 0. The van der Waals surface area contributed by atoms with Crippen molar-refractivity contribution in [3.05, 3.63) is 47.5 Å². The number of nitrogens with zero attached hydrogens (tertiary/aromatic N) is 5. The SMILES string of the molecule is CCc1cnc(N2CC[C@H]3[C@H]2CC(=O)N3Cc2cccc(C)n2)nc1. The van der Waals surface area contributed by atoms with Crippen molar-refractivity contribution in [2.75, 3.05) is 11.4 Å². The third-order valence-corrected chi connectivity index (χ3v) is 5.25. The molecule has 0 unspecified atom stereocenters. The van der Waals surface area contributed by atoms with Crippen LogP contribution in [0.25, 0.3) is 0 Å². The van der Waals surface area contributed by atoms with E-state index in [4.69, 9.17) is 0 Å². The zero-order valence-electron chi connectivity index (χ0n) is 14.7. The molecule has 0 saturated carbocycles. The number of fused-ring (bicyclic) bond motifs is 1. The first-order valence-corrected chi connectivity index (χ1v) is 8.95. The zero-order chi connectivity index (χ0) is 17.4. The minimum atomic E-state index is 0.171. The summed E-state index contributed by atoms with van der Waals surface area (Å²) in [5.74, 6) is 0.946. The van der Waals surface area contributed by atoms with Gasteiger partial charge in [0.25, 0.3) is 0 Å². The molecule has 4 heterocycles. The molecule has 0 N–H and O–H groups in total. The van der Waals surface area contributed by atoms with E-state index in [-0.39, 0.29) is 18.0 Å². The predicted molar refractivity (Wildman–Crippen MR) is 95.1 cm³/mol. The minimum absolute atomic E-state index is 0.171. The average Bonchev–Trinajstić information content (AvgIpc) is 3.15. The lowest BCUT2D eigenvalue weighted by atomic mass is 10.1. The fourth-order valence-corrected chi connectivity index (χ4v) is 3.92. The van der Waals surface area contributed by atoms with Crippen LogP contribution >= 0.6 is 0 Å². The highest BCUT2D eigenvalue weighted by Crippen LogP contribution is 2.35. The van der Waals surface area contributed by atoms with E-state index in [9.17, 15) is 4.79 Å². The molecule has 0 aromatic carbocycles. The van der Waals surface area contributed by atoms with Crippen LogP contribution in [0.4, 0.5) is 5.95 Å². The van der Waals surface area contributed by atoms with Crippen LogP contribution in [0, 0.1) is 6.92 Å². The number of hydrogen-bond donors (Lipinski definition) is 0. The van der Waals surface area contributed by atoms with E-state index in [1.807, 2.05) is 42.4 Å². The molecule has 2 atom stereocenters. The molecule has 25 heavy (non-hydrogen) atoms. The molecule has 130 valence electrons. The summed E-state index contributed by atoms with van der Waals surface area (Å²) in [6, 6.07) is 6.37. The van der Waals surface area contributed by atoms with Gasteiger partial charge >= 0.3 is 0 Å². The summed E-state index contributed by atoms with van der Waals surface area (Å²) in [4.78, 5) is 30.3. The molecule has 6 heteroatoms. The Labute approximate surface area is 147 Å². The van der Waals surface area contributed by atoms with Crippen molar-refractivity contribution in [1.82, 2.24) is 19.9 Å². The van der Waals surface area contributed by atoms with E-state index < -0.39 is 0 Å². The van der Waals surface area contributed by atoms with Crippen LogP contribution in [-0.4, -0.2) is 44.4 Å². The van der Waals surface area contributed by atoms with Gasteiger partial charge in [0, 0.05) is 31.1 Å². The Hall–Kier alpha value is -2.50. The molecule has 6 nitrogen and oxygen atoms in total. The van der Waals surface area contributed by atoms with Gasteiger partial charge < -0.3 is 9.80 Å². The molecule has 4 rings (SSSR count). The van der Waals surface area contributed by atoms with Crippen LogP contribution in [0.3, 0.4) is 0 Å². The molecule has 2 aromatic rings. The molecular weight excluding hydrogens is 314 g/mol. The van der Waals surface area contributed by atoms with Gasteiger partial charge in [-0.25, -0.2) is 9.97 Å². The van der Waals surface area contributed by atoms with E-state index >= 15 is 0 Å². The lowest BCUT2D eigenvalue weighted by Gasteiger charge is -2.25. The van der Waals surface area contributed by atoms with Crippen LogP contribution in [0.15, 0.2) is 30.6 Å². The number of aryl methyl sites for hydroxylation is 2. The van der Waals surface area contributed by atoms with Crippen LogP contribution in [0.1, 0.15) is 36.7 Å². The maximum Gasteiger partial charge on any atom is 0.225 e. The summed E-state index contributed by atoms with van der Waals surface area (Å²) < 4.78 is 0. The first kappa shape index (κ1) is 16.0. The molecule has 2 aliphatic heterocycles. The van der Waals surface area contributed by atoms with E-state index in [0.29, 0.717) is 13.0 Å². The van der Waals surface area contributed by atoms with Crippen molar-refractivity contribution < 1.29 is 4.79 Å². The average molecular weight is 337 g/mol. The number of carbonyl (C=O) groups is 1. The van der Waals surface area contributed by atoms with Gasteiger partial charge in [-0.3, -0.25) is 9.78 Å². The molecule has 2 aliphatic rings. The highest BCUT2D eigenvalue weighted by atomic mass is 16.2. The van der Waals surface area contributed by atoms with Gasteiger partial charge in [-0.2, -0.15) is 0 Å². The second-order valence-electron chi connectivity index (χ2n) is 6.86. The standard InChI is InChI=1S/C19H23N5O/c1-3-14-10-20-19(21-11-14)23-8-7-16-17(23)9-18(25)24(16)12-15-6-4-5-13(2)22-15/h4-6,10-11,16-17H,3,7-9,12H2,1-2H3/t16-,17+/m0/s1.